The van der Waals surface area contributed by atoms with Crippen molar-refractivity contribution in [1.82, 2.24) is 20.1 Å². The molecule has 0 aromatic carbocycles. The van der Waals surface area contributed by atoms with Crippen LogP contribution >= 0.6 is 0 Å². The van der Waals surface area contributed by atoms with E-state index in [2.05, 4.69) is 24.1 Å². The molecule has 0 saturated heterocycles. The van der Waals surface area contributed by atoms with E-state index in [1.54, 1.807) is 17.0 Å². The van der Waals surface area contributed by atoms with Gasteiger partial charge < -0.3 is 29.3 Å². The maximum Gasteiger partial charge on any atom is 0.338 e. The minimum Gasteiger partial charge on any atom is -0.462 e. The lowest BCUT2D eigenvalue weighted by Gasteiger charge is -2.23. The number of nitrogens with zero attached hydrogens (tertiary/aromatic N) is 3. The lowest BCUT2D eigenvalue weighted by atomic mass is 10.0. The summed E-state index contributed by atoms with van der Waals surface area (Å²) in [5, 5.41) is 3.13. The Morgan fingerprint density at radius 3 is 1.44 bits per heavy atom. The minimum atomic E-state index is -0.951. The van der Waals surface area contributed by atoms with Crippen molar-refractivity contribution in [2.24, 2.45) is 0 Å². The number of aromatic nitrogens is 1. The average Bonchev–Trinajstić information content (AvgIpc) is 3.25. The van der Waals surface area contributed by atoms with Crippen molar-refractivity contribution in [2.75, 3.05) is 53.5 Å². The predicted octanol–water partition coefficient (Wildman–Crippen LogP) is 11.2. The second-order valence-corrected chi connectivity index (χ2v) is 17.3. The van der Waals surface area contributed by atoms with E-state index < -0.39 is 12.1 Å². The number of pyridine rings is 1. The fourth-order valence-electron chi connectivity index (χ4n) is 7.32. The Morgan fingerprint density at radius 1 is 0.607 bits per heavy atom. The smallest absolute Gasteiger partial charge is 0.338 e. The summed E-state index contributed by atoms with van der Waals surface area (Å²) >= 11 is 0. The highest BCUT2D eigenvalue weighted by Crippen LogP contribution is 2.16. The van der Waals surface area contributed by atoms with E-state index >= 15 is 0 Å². The average molecular weight is 859 g/mol. The van der Waals surface area contributed by atoms with E-state index in [1.165, 1.54) is 135 Å². The number of hydrogen-bond acceptors (Lipinski definition) is 10. The van der Waals surface area contributed by atoms with Gasteiger partial charge in [-0.2, -0.15) is 0 Å². The molecule has 0 aliphatic rings. The molecule has 1 rings (SSSR count). The summed E-state index contributed by atoms with van der Waals surface area (Å²) in [5.41, 5.74) is 0.837. The topological polar surface area (TPSA) is 127 Å². The van der Waals surface area contributed by atoms with Crippen LogP contribution in [0.3, 0.4) is 0 Å². The third-order valence-corrected chi connectivity index (χ3v) is 11.3. The zero-order valence-electron chi connectivity index (χ0n) is 39.8. The highest BCUT2D eigenvalue weighted by molar-refractivity contribution is 5.89. The molecular weight excluding hydrogens is 769 g/mol. The predicted molar refractivity (Wildman–Crippen MR) is 248 cm³/mol. The minimum absolute atomic E-state index is 0.00461. The van der Waals surface area contributed by atoms with Gasteiger partial charge in [0.05, 0.1) is 17.8 Å². The maximum absolute atomic E-state index is 13.3. The Kier molecular flexibility index (Phi) is 36.5. The van der Waals surface area contributed by atoms with Crippen LogP contribution in [0.5, 0.6) is 0 Å². The fourth-order valence-corrected chi connectivity index (χ4v) is 7.32. The summed E-state index contributed by atoms with van der Waals surface area (Å²) in [6, 6.07) is 3.16. The van der Waals surface area contributed by atoms with Crippen LogP contribution < -0.4 is 5.32 Å². The van der Waals surface area contributed by atoms with Crippen LogP contribution in [-0.2, 0) is 35.1 Å². The number of hydrogen-bond donors (Lipinski definition) is 1. The van der Waals surface area contributed by atoms with Crippen molar-refractivity contribution in [2.45, 2.75) is 213 Å². The number of ether oxygens (including phenoxy) is 3. The van der Waals surface area contributed by atoms with Gasteiger partial charge in [0, 0.05) is 45.2 Å². The third-order valence-electron chi connectivity index (χ3n) is 11.3. The zero-order valence-corrected chi connectivity index (χ0v) is 39.8. The van der Waals surface area contributed by atoms with E-state index in [4.69, 9.17) is 14.2 Å². The molecule has 11 nitrogen and oxygen atoms in total. The molecular formula is C50H90N4O7. The standard InChI is InChI=1S/C50H90N4O7/c1-6-9-11-13-15-17-19-21-23-25-27-29-31-33-48(56)59-42-46(43-60-49(57)34-32-30-28-26-24-22-20-18-16-14-12-10-7-2)61-50(58)44-35-36-52-45(39-44)40-51-41-47(55)54(8-3)38-37-53(4)5/h35-36,39,46,51H,6-34,37-38,40-43H2,1-5H3. The second kappa shape index (κ2) is 39.8. The number of likely N-dealkylation sites (N-methyl/N-ethyl adjacent to an activating group) is 2. The number of carbonyl (C=O) groups excluding carboxylic acids is 4. The summed E-state index contributed by atoms with van der Waals surface area (Å²) in [7, 11) is 3.95. The first-order valence-corrected chi connectivity index (χ1v) is 24.8. The van der Waals surface area contributed by atoms with E-state index in [0.717, 1.165) is 45.1 Å². The quantitative estimate of drug-likeness (QED) is 0.0385. The van der Waals surface area contributed by atoms with Crippen molar-refractivity contribution in [3.8, 4) is 0 Å². The van der Waals surface area contributed by atoms with Crippen LogP contribution in [0.25, 0.3) is 0 Å². The van der Waals surface area contributed by atoms with Gasteiger partial charge >= 0.3 is 17.9 Å². The number of esters is 3. The second-order valence-electron chi connectivity index (χ2n) is 17.3. The molecule has 0 bridgehead atoms. The maximum atomic E-state index is 13.3. The molecule has 0 spiro atoms. The molecule has 0 aliphatic carbocycles. The first-order chi connectivity index (χ1) is 29.7. The van der Waals surface area contributed by atoms with Gasteiger partial charge in [-0.05, 0) is 46.0 Å². The van der Waals surface area contributed by atoms with Crippen LogP contribution in [0, 0.1) is 0 Å². The number of nitrogens with one attached hydrogen (secondary N) is 1. The van der Waals surface area contributed by atoms with Gasteiger partial charge in [0.1, 0.15) is 13.2 Å². The molecule has 11 heteroatoms. The van der Waals surface area contributed by atoms with Gasteiger partial charge in [-0.3, -0.25) is 19.4 Å². The molecule has 1 aromatic heterocycles. The van der Waals surface area contributed by atoms with E-state index in [-0.39, 0.29) is 49.7 Å². The molecule has 1 N–H and O–H groups in total. The SMILES string of the molecule is CCCCCCCCCCCCCCCC(=O)OCC(COC(=O)CCCCCCCCCCCCCCC)OC(=O)c1ccnc(CNCC(=O)N(CC)CCN(C)C)c1. The molecule has 0 atom stereocenters. The Balaban J connectivity index is 2.56. The van der Waals surface area contributed by atoms with Gasteiger partial charge in [0.25, 0.3) is 0 Å². The molecule has 61 heavy (non-hydrogen) atoms. The Labute approximate surface area is 372 Å². The first-order valence-electron chi connectivity index (χ1n) is 24.8. The van der Waals surface area contributed by atoms with Gasteiger partial charge in [0.15, 0.2) is 6.10 Å². The lowest BCUT2D eigenvalue weighted by Crippen LogP contribution is -2.41. The first kappa shape index (κ1) is 56.0. The van der Waals surface area contributed by atoms with Crippen molar-refractivity contribution in [3.05, 3.63) is 29.6 Å². The van der Waals surface area contributed by atoms with Gasteiger partial charge in [-0.25, -0.2) is 4.79 Å². The molecule has 0 aliphatic heterocycles. The molecule has 1 heterocycles. The Hall–Kier alpha value is -3.05. The molecule has 0 saturated carbocycles. The van der Waals surface area contributed by atoms with Crippen molar-refractivity contribution < 1.29 is 33.4 Å². The molecule has 0 radical (unpaired) electrons. The normalized spacial score (nSPS) is 11.3. The van der Waals surface area contributed by atoms with Crippen LogP contribution in [0.2, 0.25) is 0 Å². The highest BCUT2D eigenvalue weighted by Gasteiger charge is 2.21. The van der Waals surface area contributed by atoms with Crippen LogP contribution in [-0.4, -0.2) is 98.2 Å². The Bertz CT molecular complexity index is 1200. The van der Waals surface area contributed by atoms with E-state index in [1.807, 2.05) is 25.9 Å². The summed E-state index contributed by atoms with van der Waals surface area (Å²) in [4.78, 5) is 59.6. The highest BCUT2D eigenvalue weighted by atomic mass is 16.6. The van der Waals surface area contributed by atoms with Gasteiger partial charge in [-0.1, -0.05) is 168 Å². The molecule has 0 fully saturated rings. The number of rotatable bonds is 42. The van der Waals surface area contributed by atoms with Crippen molar-refractivity contribution >= 4 is 23.8 Å². The largest absolute Gasteiger partial charge is 0.462 e. The van der Waals surface area contributed by atoms with Crippen molar-refractivity contribution in [3.63, 3.8) is 0 Å². The van der Waals surface area contributed by atoms with Crippen LogP contribution in [0.4, 0.5) is 0 Å². The molecule has 352 valence electrons. The van der Waals surface area contributed by atoms with Gasteiger partial charge in [0.2, 0.25) is 5.91 Å². The van der Waals surface area contributed by atoms with Crippen molar-refractivity contribution in [1.29, 1.82) is 0 Å². The zero-order chi connectivity index (χ0) is 44.6. The van der Waals surface area contributed by atoms with Crippen LogP contribution in [0.1, 0.15) is 217 Å². The Morgan fingerprint density at radius 2 is 1.03 bits per heavy atom. The molecule has 1 amide bonds. The number of amides is 1. The fraction of sp³-hybridized carbons (Fsp3) is 0.820. The monoisotopic (exact) mass is 859 g/mol. The van der Waals surface area contributed by atoms with Crippen LogP contribution in [0.15, 0.2) is 18.3 Å². The molecule has 1 aromatic rings. The summed E-state index contributed by atoms with van der Waals surface area (Å²) in [5.74, 6) is -1.34. The van der Waals surface area contributed by atoms with E-state index in [0.29, 0.717) is 31.6 Å². The van der Waals surface area contributed by atoms with E-state index in [9.17, 15) is 19.2 Å². The summed E-state index contributed by atoms with van der Waals surface area (Å²) in [6.45, 7) is 8.56. The summed E-state index contributed by atoms with van der Waals surface area (Å²) in [6.07, 6.45) is 33.0. The molecule has 0 unspecified atom stereocenters. The third kappa shape index (κ3) is 33.2. The lowest BCUT2D eigenvalue weighted by molar-refractivity contribution is -0.153. The summed E-state index contributed by atoms with van der Waals surface area (Å²) < 4.78 is 16.9. The number of unbranched alkanes of at least 4 members (excludes halogenated alkanes) is 24. The van der Waals surface area contributed by atoms with Gasteiger partial charge in [-0.15, -0.1) is 0 Å². The number of carbonyl (C=O) groups is 4.